The topological polar surface area (TPSA) is 24.5 Å². The normalized spacial score (nSPS) is 24.0. The quantitative estimate of drug-likeness (QED) is 0.814. The number of rotatable bonds is 5. The third kappa shape index (κ3) is 4.22. The first-order valence-corrected chi connectivity index (χ1v) is 7.81. The lowest BCUT2D eigenvalue weighted by Gasteiger charge is -2.42. The van der Waals surface area contributed by atoms with Crippen LogP contribution in [0.15, 0.2) is 0 Å². The van der Waals surface area contributed by atoms with Crippen molar-refractivity contribution in [1.29, 1.82) is 0 Å². The summed E-state index contributed by atoms with van der Waals surface area (Å²) in [7, 11) is 0. The zero-order valence-electron chi connectivity index (χ0n) is 12.2. The molecule has 0 bridgehead atoms. The molecule has 1 N–H and O–H groups in total. The van der Waals surface area contributed by atoms with Crippen LogP contribution >= 0.6 is 0 Å². The van der Waals surface area contributed by atoms with Crippen molar-refractivity contribution in [2.75, 3.05) is 32.8 Å². The number of piperidine rings is 1. The Labute approximate surface area is 112 Å². The molecule has 0 saturated carbocycles. The highest BCUT2D eigenvalue weighted by Crippen LogP contribution is 2.22. The van der Waals surface area contributed by atoms with Gasteiger partial charge in [-0.15, -0.1) is 0 Å². The molecule has 0 spiro atoms. The van der Waals surface area contributed by atoms with Crippen LogP contribution in [0.5, 0.6) is 0 Å². The van der Waals surface area contributed by atoms with E-state index in [1.54, 1.807) is 0 Å². The third-order valence-electron chi connectivity index (χ3n) is 4.40. The van der Waals surface area contributed by atoms with Crippen LogP contribution in [0.25, 0.3) is 0 Å². The maximum Gasteiger partial charge on any atom is 0.0480 e. The van der Waals surface area contributed by atoms with Crippen LogP contribution in [0.1, 0.15) is 46.0 Å². The zero-order valence-corrected chi connectivity index (χ0v) is 12.2. The van der Waals surface area contributed by atoms with E-state index in [1.165, 1.54) is 51.7 Å². The summed E-state index contributed by atoms with van der Waals surface area (Å²) in [6.45, 7) is 10.3. The minimum atomic E-state index is 0.778. The van der Waals surface area contributed by atoms with Crippen molar-refractivity contribution in [2.24, 2.45) is 5.92 Å². The molecule has 2 aliphatic rings. The maximum atomic E-state index is 5.52. The van der Waals surface area contributed by atoms with Gasteiger partial charge in [0.25, 0.3) is 0 Å². The average molecular weight is 254 g/mol. The van der Waals surface area contributed by atoms with Crippen LogP contribution in [-0.2, 0) is 4.74 Å². The van der Waals surface area contributed by atoms with Crippen molar-refractivity contribution < 1.29 is 4.74 Å². The fourth-order valence-corrected chi connectivity index (χ4v) is 3.23. The monoisotopic (exact) mass is 254 g/mol. The van der Waals surface area contributed by atoms with Crippen LogP contribution in [-0.4, -0.2) is 49.8 Å². The molecule has 0 radical (unpaired) electrons. The number of hydrogen-bond donors (Lipinski definition) is 1. The first kappa shape index (κ1) is 14.3. The fraction of sp³-hybridized carbons (Fsp3) is 1.00. The van der Waals surface area contributed by atoms with Gasteiger partial charge in [-0.1, -0.05) is 13.8 Å². The van der Waals surface area contributed by atoms with Gasteiger partial charge in [0, 0.05) is 25.3 Å². The summed E-state index contributed by atoms with van der Waals surface area (Å²) in [6, 6.07) is 1.59. The lowest BCUT2D eigenvalue weighted by molar-refractivity contribution is 0.00863. The summed E-state index contributed by atoms with van der Waals surface area (Å²) in [6.07, 6.45) is 6.47. The van der Waals surface area contributed by atoms with Crippen LogP contribution < -0.4 is 5.32 Å². The molecule has 2 rings (SSSR count). The highest BCUT2D eigenvalue weighted by molar-refractivity contribution is 4.84. The van der Waals surface area contributed by atoms with Crippen molar-refractivity contribution >= 4 is 0 Å². The van der Waals surface area contributed by atoms with Gasteiger partial charge in [0.15, 0.2) is 0 Å². The Bertz CT molecular complexity index is 203. The molecule has 3 nitrogen and oxygen atoms in total. The van der Waals surface area contributed by atoms with Crippen molar-refractivity contribution in [3.8, 4) is 0 Å². The van der Waals surface area contributed by atoms with E-state index >= 15 is 0 Å². The molecule has 0 unspecified atom stereocenters. The van der Waals surface area contributed by atoms with Crippen LogP contribution in [0.3, 0.4) is 0 Å². The zero-order chi connectivity index (χ0) is 12.8. The number of hydrogen-bond acceptors (Lipinski definition) is 3. The summed E-state index contributed by atoms with van der Waals surface area (Å²) in [5, 5.41) is 3.49. The van der Waals surface area contributed by atoms with Gasteiger partial charge < -0.3 is 10.1 Å². The smallest absolute Gasteiger partial charge is 0.0480 e. The second-order valence-electron chi connectivity index (χ2n) is 6.25. The van der Waals surface area contributed by atoms with Crippen LogP contribution in [0.4, 0.5) is 0 Å². The number of nitrogens with zero attached hydrogens (tertiary/aromatic N) is 1. The predicted octanol–water partition coefficient (Wildman–Crippen LogP) is 2.27. The largest absolute Gasteiger partial charge is 0.381 e. The summed E-state index contributed by atoms with van der Waals surface area (Å²) in [5.74, 6) is 0.814. The molecule has 0 aromatic heterocycles. The van der Waals surface area contributed by atoms with Gasteiger partial charge in [-0.2, -0.15) is 0 Å². The maximum absolute atomic E-state index is 5.52. The van der Waals surface area contributed by atoms with Crippen molar-refractivity contribution in [3.05, 3.63) is 0 Å². The van der Waals surface area contributed by atoms with Crippen molar-refractivity contribution in [1.82, 2.24) is 10.2 Å². The molecule has 3 heteroatoms. The summed E-state index contributed by atoms with van der Waals surface area (Å²) < 4.78 is 5.52. The number of nitrogens with one attached hydrogen (secondary N) is 1. The molecule has 0 amide bonds. The van der Waals surface area contributed by atoms with Gasteiger partial charge in [-0.05, 0) is 57.7 Å². The molecule has 0 atom stereocenters. The molecular formula is C15H30N2O. The van der Waals surface area contributed by atoms with Gasteiger partial charge in [0.2, 0.25) is 0 Å². The van der Waals surface area contributed by atoms with Crippen LogP contribution in [0.2, 0.25) is 0 Å². The Balaban J connectivity index is 1.91. The second kappa shape index (κ2) is 7.46. The standard InChI is InChI=1S/C15H30N2O/c1-13(2)5-10-17(14-3-8-16-9-4-14)15-6-11-18-12-7-15/h13-16H,3-12H2,1-2H3. The molecule has 0 aromatic rings. The molecule has 106 valence electrons. The van der Waals surface area contributed by atoms with Gasteiger partial charge in [0.05, 0.1) is 0 Å². The third-order valence-corrected chi connectivity index (χ3v) is 4.40. The Morgan fingerprint density at radius 1 is 1.06 bits per heavy atom. The predicted molar refractivity (Wildman–Crippen MR) is 75.9 cm³/mol. The molecular weight excluding hydrogens is 224 g/mol. The molecule has 2 fully saturated rings. The van der Waals surface area contributed by atoms with Gasteiger partial charge in [0.1, 0.15) is 0 Å². The van der Waals surface area contributed by atoms with E-state index < -0.39 is 0 Å². The highest BCUT2D eigenvalue weighted by Gasteiger charge is 2.28. The summed E-state index contributed by atoms with van der Waals surface area (Å²) in [5.41, 5.74) is 0. The minimum Gasteiger partial charge on any atom is -0.381 e. The van der Waals surface area contributed by atoms with E-state index in [0.717, 1.165) is 31.2 Å². The van der Waals surface area contributed by atoms with E-state index in [0.29, 0.717) is 0 Å². The van der Waals surface area contributed by atoms with E-state index in [2.05, 4.69) is 24.1 Å². The molecule has 0 aromatic carbocycles. The first-order valence-electron chi connectivity index (χ1n) is 7.81. The van der Waals surface area contributed by atoms with Gasteiger partial charge in [-0.3, -0.25) is 4.90 Å². The molecule has 18 heavy (non-hydrogen) atoms. The average Bonchev–Trinajstić information content (AvgIpc) is 2.41. The van der Waals surface area contributed by atoms with Crippen LogP contribution in [0, 0.1) is 5.92 Å². The molecule has 2 saturated heterocycles. The first-order chi connectivity index (χ1) is 8.77. The lowest BCUT2D eigenvalue weighted by Crippen LogP contribution is -2.50. The Morgan fingerprint density at radius 2 is 1.67 bits per heavy atom. The second-order valence-corrected chi connectivity index (χ2v) is 6.25. The number of ether oxygens (including phenoxy) is 1. The van der Waals surface area contributed by atoms with Gasteiger partial charge in [-0.25, -0.2) is 0 Å². The van der Waals surface area contributed by atoms with E-state index in [1.807, 2.05) is 0 Å². The highest BCUT2D eigenvalue weighted by atomic mass is 16.5. The molecule has 2 aliphatic heterocycles. The van der Waals surface area contributed by atoms with Gasteiger partial charge >= 0.3 is 0 Å². The summed E-state index contributed by atoms with van der Waals surface area (Å²) in [4.78, 5) is 2.82. The summed E-state index contributed by atoms with van der Waals surface area (Å²) >= 11 is 0. The lowest BCUT2D eigenvalue weighted by atomic mass is 9.97. The van der Waals surface area contributed by atoms with E-state index in [4.69, 9.17) is 4.74 Å². The minimum absolute atomic E-state index is 0.778. The van der Waals surface area contributed by atoms with Crippen molar-refractivity contribution in [3.63, 3.8) is 0 Å². The fourth-order valence-electron chi connectivity index (χ4n) is 3.23. The SMILES string of the molecule is CC(C)CCN(C1CCNCC1)C1CCOCC1. The van der Waals surface area contributed by atoms with E-state index in [-0.39, 0.29) is 0 Å². The Morgan fingerprint density at radius 3 is 2.28 bits per heavy atom. The molecule has 0 aliphatic carbocycles. The Kier molecular flexibility index (Phi) is 5.93. The molecule has 2 heterocycles. The Hall–Kier alpha value is -0.120. The van der Waals surface area contributed by atoms with Crippen molar-refractivity contribution in [2.45, 2.75) is 58.0 Å². The van der Waals surface area contributed by atoms with E-state index in [9.17, 15) is 0 Å².